The molecule has 0 aliphatic carbocycles. The molecule has 4 rings (SSSR count). The number of nitrogens with zero attached hydrogens (tertiary/aromatic N) is 1. The average Bonchev–Trinajstić information content (AvgIpc) is 2.88. The lowest BCUT2D eigenvalue weighted by atomic mass is 9.98. The monoisotopic (exact) mass is 237 g/mol. The molecular formula is C15H8FNO. The Morgan fingerprint density at radius 1 is 0.833 bits per heavy atom. The van der Waals surface area contributed by atoms with Gasteiger partial charge in [-0.05, 0) is 34.4 Å². The molecule has 18 heavy (non-hydrogen) atoms. The number of fused-ring (bicyclic) bond motifs is 6. The molecule has 0 fully saturated rings. The van der Waals surface area contributed by atoms with E-state index in [9.17, 15) is 4.39 Å². The lowest BCUT2D eigenvalue weighted by Gasteiger charge is -2.05. The van der Waals surface area contributed by atoms with Gasteiger partial charge in [0.15, 0.2) is 0 Å². The van der Waals surface area contributed by atoms with Gasteiger partial charge in [-0.15, -0.1) is 0 Å². The van der Waals surface area contributed by atoms with Crippen molar-refractivity contribution in [1.82, 2.24) is 5.16 Å². The van der Waals surface area contributed by atoms with Crippen LogP contribution in [-0.4, -0.2) is 5.16 Å². The predicted octanol–water partition coefficient (Wildman–Crippen LogP) is 4.27. The largest absolute Gasteiger partial charge is 0.363 e. The van der Waals surface area contributed by atoms with Crippen LogP contribution >= 0.6 is 0 Å². The highest BCUT2D eigenvalue weighted by Gasteiger charge is 2.11. The minimum absolute atomic E-state index is 0.240. The van der Waals surface area contributed by atoms with Gasteiger partial charge in [0.05, 0.1) is 5.39 Å². The van der Waals surface area contributed by atoms with Crippen LogP contribution in [0.1, 0.15) is 0 Å². The molecule has 1 aromatic heterocycles. The molecule has 3 heteroatoms. The van der Waals surface area contributed by atoms with Crippen LogP contribution in [0, 0.1) is 5.82 Å². The van der Waals surface area contributed by atoms with Crippen molar-refractivity contribution in [2.75, 3.05) is 0 Å². The van der Waals surface area contributed by atoms with Gasteiger partial charge in [0.2, 0.25) is 0 Å². The van der Waals surface area contributed by atoms with Gasteiger partial charge in [-0.3, -0.25) is 0 Å². The molecule has 0 aliphatic rings. The normalized spacial score (nSPS) is 11.6. The zero-order valence-corrected chi connectivity index (χ0v) is 9.35. The molecule has 0 N–H and O–H groups in total. The fourth-order valence-corrected chi connectivity index (χ4v) is 2.52. The summed E-state index contributed by atoms with van der Waals surface area (Å²) >= 11 is 0. The van der Waals surface area contributed by atoms with Crippen molar-refractivity contribution in [1.29, 1.82) is 0 Å². The number of hydrogen-bond acceptors (Lipinski definition) is 2. The first kappa shape index (κ1) is 9.59. The lowest BCUT2D eigenvalue weighted by molar-refractivity contribution is 0.429. The Hall–Kier alpha value is -2.42. The van der Waals surface area contributed by atoms with Crippen molar-refractivity contribution in [3.05, 3.63) is 54.5 Å². The topological polar surface area (TPSA) is 26.0 Å². The zero-order valence-electron chi connectivity index (χ0n) is 9.35. The van der Waals surface area contributed by atoms with E-state index in [-0.39, 0.29) is 5.82 Å². The molecule has 0 unspecified atom stereocenters. The second-order valence-corrected chi connectivity index (χ2v) is 4.31. The molecule has 0 saturated heterocycles. The van der Waals surface area contributed by atoms with Gasteiger partial charge >= 0.3 is 0 Å². The highest BCUT2D eigenvalue weighted by molar-refractivity contribution is 6.23. The minimum Gasteiger partial charge on any atom is -0.363 e. The summed E-state index contributed by atoms with van der Waals surface area (Å²) in [5, 5.41) is 8.83. The lowest BCUT2D eigenvalue weighted by Crippen LogP contribution is -1.82. The second kappa shape index (κ2) is 3.29. The average molecular weight is 237 g/mol. The van der Waals surface area contributed by atoms with Crippen LogP contribution < -0.4 is 0 Å². The highest BCUT2D eigenvalue weighted by atomic mass is 19.1. The highest BCUT2D eigenvalue weighted by Crippen LogP contribution is 2.34. The Balaban J connectivity index is 2.44. The minimum atomic E-state index is -0.240. The third-order valence-corrected chi connectivity index (χ3v) is 3.31. The number of benzene rings is 3. The molecule has 0 aliphatic heterocycles. The smallest absolute Gasteiger partial charge is 0.132 e. The van der Waals surface area contributed by atoms with Gasteiger partial charge in [0, 0.05) is 5.39 Å². The van der Waals surface area contributed by atoms with Crippen LogP contribution in [0.15, 0.2) is 53.3 Å². The number of aromatic nitrogens is 1. The van der Waals surface area contributed by atoms with Crippen LogP contribution in [0.5, 0.6) is 0 Å². The standard InChI is InChI=1S/C15H8FNO/c16-9-5-6-12-13(7-9)10-3-1-2-4-11(10)14-8-18-17-15(12)14/h1-8H. The molecule has 0 spiro atoms. The molecule has 0 radical (unpaired) electrons. The Bertz CT molecular complexity index is 895. The van der Waals surface area contributed by atoms with Crippen LogP contribution in [0.4, 0.5) is 4.39 Å². The molecular weight excluding hydrogens is 229 g/mol. The maximum absolute atomic E-state index is 13.4. The molecule has 86 valence electrons. The van der Waals surface area contributed by atoms with Crippen molar-refractivity contribution in [2.45, 2.75) is 0 Å². The quantitative estimate of drug-likeness (QED) is 0.427. The maximum atomic E-state index is 13.4. The molecule has 0 saturated carbocycles. The third-order valence-electron chi connectivity index (χ3n) is 3.31. The van der Waals surface area contributed by atoms with Gasteiger partial charge in [-0.1, -0.05) is 29.4 Å². The Morgan fingerprint density at radius 2 is 1.61 bits per heavy atom. The molecule has 4 aromatic rings. The summed E-state index contributed by atoms with van der Waals surface area (Å²) in [7, 11) is 0. The molecule has 0 atom stereocenters. The molecule has 3 aromatic carbocycles. The zero-order chi connectivity index (χ0) is 12.1. The van der Waals surface area contributed by atoms with E-state index in [1.165, 1.54) is 6.07 Å². The van der Waals surface area contributed by atoms with Crippen LogP contribution in [0.2, 0.25) is 0 Å². The van der Waals surface area contributed by atoms with E-state index in [1.807, 2.05) is 24.3 Å². The van der Waals surface area contributed by atoms with E-state index in [2.05, 4.69) is 5.16 Å². The van der Waals surface area contributed by atoms with E-state index < -0.39 is 0 Å². The molecule has 2 nitrogen and oxygen atoms in total. The number of hydrogen-bond donors (Lipinski definition) is 0. The molecule has 1 heterocycles. The Morgan fingerprint density at radius 3 is 2.44 bits per heavy atom. The summed E-state index contributed by atoms with van der Waals surface area (Å²) in [6.45, 7) is 0. The predicted molar refractivity (Wildman–Crippen MR) is 69.0 cm³/mol. The van der Waals surface area contributed by atoms with Crippen molar-refractivity contribution < 1.29 is 8.91 Å². The SMILES string of the molecule is Fc1ccc2c(c1)c1ccccc1c1conc21. The van der Waals surface area contributed by atoms with Gasteiger partial charge < -0.3 is 4.52 Å². The summed E-state index contributed by atoms with van der Waals surface area (Å²) in [6.07, 6.45) is 1.64. The Kier molecular flexibility index (Phi) is 1.75. The van der Waals surface area contributed by atoms with Crippen molar-refractivity contribution in [3.8, 4) is 0 Å². The first-order chi connectivity index (χ1) is 8.84. The van der Waals surface area contributed by atoms with Gasteiger partial charge in [0.1, 0.15) is 17.6 Å². The van der Waals surface area contributed by atoms with E-state index >= 15 is 0 Å². The third kappa shape index (κ3) is 1.13. The second-order valence-electron chi connectivity index (χ2n) is 4.31. The maximum Gasteiger partial charge on any atom is 0.132 e. The summed E-state index contributed by atoms with van der Waals surface area (Å²) < 4.78 is 18.5. The van der Waals surface area contributed by atoms with E-state index in [1.54, 1.807) is 18.4 Å². The first-order valence-corrected chi connectivity index (χ1v) is 5.68. The van der Waals surface area contributed by atoms with E-state index in [0.29, 0.717) is 0 Å². The van der Waals surface area contributed by atoms with Crippen molar-refractivity contribution in [3.63, 3.8) is 0 Å². The van der Waals surface area contributed by atoms with E-state index in [0.717, 1.165) is 32.4 Å². The summed E-state index contributed by atoms with van der Waals surface area (Å²) in [5.41, 5.74) is 0.781. The van der Waals surface area contributed by atoms with Crippen LogP contribution in [-0.2, 0) is 0 Å². The van der Waals surface area contributed by atoms with Crippen molar-refractivity contribution in [2.24, 2.45) is 0 Å². The number of rotatable bonds is 0. The van der Waals surface area contributed by atoms with Gasteiger partial charge in [0.25, 0.3) is 0 Å². The van der Waals surface area contributed by atoms with Crippen LogP contribution in [0.3, 0.4) is 0 Å². The molecule has 0 amide bonds. The van der Waals surface area contributed by atoms with Crippen LogP contribution in [0.25, 0.3) is 32.4 Å². The first-order valence-electron chi connectivity index (χ1n) is 5.68. The Labute approximate surface area is 102 Å². The summed E-state index contributed by atoms with van der Waals surface area (Å²) in [5.74, 6) is -0.240. The number of halogens is 1. The summed E-state index contributed by atoms with van der Waals surface area (Å²) in [6, 6.07) is 12.6. The van der Waals surface area contributed by atoms with Gasteiger partial charge in [-0.25, -0.2) is 4.39 Å². The van der Waals surface area contributed by atoms with Crippen molar-refractivity contribution >= 4 is 32.4 Å². The van der Waals surface area contributed by atoms with Gasteiger partial charge in [-0.2, -0.15) is 0 Å². The molecule has 0 bridgehead atoms. The fraction of sp³-hybridized carbons (Fsp3) is 0. The fourth-order valence-electron chi connectivity index (χ4n) is 2.52. The summed E-state index contributed by atoms with van der Waals surface area (Å²) in [4.78, 5) is 0. The van der Waals surface area contributed by atoms with E-state index in [4.69, 9.17) is 4.52 Å².